The second kappa shape index (κ2) is 8.95. The Morgan fingerprint density at radius 3 is 2.86 bits per heavy atom. The number of benzene rings is 1. The van der Waals surface area contributed by atoms with Crippen LogP contribution in [0.15, 0.2) is 40.1 Å². The van der Waals surface area contributed by atoms with Crippen LogP contribution in [-0.2, 0) is 9.53 Å². The number of aryl methyl sites for hydroxylation is 1. The highest BCUT2D eigenvalue weighted by molar-refractivity contribution is 7.99. The molecule has 0 bridgehead atoms. The zero-order chi connectivity index (χ0) is 20.2. The van der Waals surface area contributed by atoms with E-state index in [0.717, 1.165) is 34.9 Å². The Labute approximate surface area is 175 Å². The lowest BCUT2D eigenvalue weighted by atomic mass is 9.89. The first-order valence-electron chi connectivity index (χ1n) is 10.3. The average Bonchev–Trinajstić information content (AvgIpc) is 3.16. The molecular weight excluding hydrogens is 384 g/mol. The van der Waals surface area contributed by atoms with E-state index in [0.29, 0.717) is 29.6 Å². The summed E-state index contributed by atoms with van der Waals surface area (Å²) in [6, 6.07) is 8.06. The Morgan fingerprint density at radius 2 is 2.10 bits per heavy atom. The van der Waals surface area contributed by atoms with Gasteiger partial charge in [-0.15, -0.1) is 10.2 Å². The number of hydrogen-bond acceptors (Lipinski definition) is 6. The zero-order valence-electron chi connectivity index (χ0n) is 16.9. The third-order valence-corrected chi connectivity index (χ3v) is 6.26. The molecule has 1 aromatic heterocycles. The van der Waals surface area contributed by atoms with Crippen molar-refractivity contribution in [3.8, 4) is 0 Å². The molecule has 1 aliphatic heterocycles. The lowest BCUT2D eigenvalue weighted by Gasteiger charge is -2.22. The van der Waals surface area contributed by atoms with Crippen LogP contribution in [0.2, 0.25) is 0 Å². The normalized spacial score (nSPS) is 17.6. The van der Waals surface area contributed by atoms with Crippen LogP contribution in [0.1, 0.15) is 61.9 Å². The molecule has 2 heterocycles. The lowest BCUT2D eigenvalue weighted by molar-refractivity contribution is -0.137. The van der Waals surface area contributed by atoms with E-state index in [1.807, 2.05) is 48.9 Å². The van der Waals surface area contributed by atoms with E-state index >= 15 is 0 Å². The van der Waals surface area contributed by atoms with E-state index in [9.17, 15) is 4.79 Å². The zero-order valence-corrected chi connectivity index (χ0v) is 17.7. The minimum atomic E-state index is -0.343. The van der Waals surface area contributed by atoms with Gasteiger partial charge in [0.1, 0.15) is 0 Å². The molecule has 0 N–H and O–H groups in total. The number of rotatable bonds is 5. The first kappa shape index (κ1) is 19.9. The van der Waals surface area contributed by atoms with Crippen molar-refractivity contribution in [3.05, 3.63) is 46.8 Å². The van der Waals surface area contributed by atoms with Gasteiger partial charge in [0.25, 0.3) is 0 Å². The molecule has 7 heteroatoms. The summed E-state index contributed by atoms with van der Waals surface area (Å²) in [7, 11) is 0. The Balaban J connectivity index is 1.72. The predicted octanol–water partition coefficient (Wildman–Crippen LogP) is 4.59. The van der Waals surface area contributed by atoms with Crippen LogP contribution in [0.5, 0.6) is 0 Å². The van der Waals surface area contributed by atoms with Crippen LogP contribution < -0.4 is 0 Å². The van der Waals surface area contributed by atoms with E-state index in [1.165, 1.54) is 19.3 Å². The van der Waals surface area contributed by atoms with Gasteiger partial charge in [-0.2, -0.15) is 9.78 Å². The molecule has 2 aromatic rings. The largest absolute Gasteiger partial charge is 0.462 e. The highest BCUT2D eigenvalue weighted by Gasteiger charge is 2.28. The molecule has 1 aromatic carbocycles. The molecular formula is C22H26N4O2S. The standard InChI is InChI=1S/C22H26N4O2S/c1-3-28-21(27)18(13-16-9-7-8-15(2)12-16)19-14-29-22-24-23-20(26(22)25-19)17-10-5-4-6-11-17/h7-9,12-13,17H,3-6,10-11,14H2,1-2H3/b18-13-. The summed E-state index contributed by atoms with van der Waals surface area (Å²) in [5.74, 6) is 1.53. The number of hydrogen-bond donors (Lipinski definition) is 0. The van der Waals surface area contributed by atoms with Crippen LogP contribution in [0, 0.1) is 6.92 Å². The maximum atomic E-state index is 12.7. The second-order valence-corrected chi connectivity index (χ2v) is 8.46. The fourth-order valence-electron chi connectivity index (χ4n) is 3.89. The van der Waals surface area contributed by atoms with E-state index in [-0.39, 0.29) is 5.97 Å². The Bertz CT molecular complexity index is 957. The smallest absolute Gasteiger partial charge is 0.340 e. The Hall–Kier alpha value is -2.41. The molecule has 0 amide bonds. The number of thioether (sulfide) groups is 1. The van der Waals surface area contributed by atoms with Crippen molar-refractivity contribution in [2.24, 2.45) is 5.10 Å². The van der Waals surface area contributed by atoms with Gasteiger partial charge in [0.15, 0.2) is 5.82 Å². The molecule has 1 saturated carbocycles. The number of carbonyl (C=O) groups is 1. The van der Waals surface area contributed by atoms with Crippen LogP contribution in [0.4, 0.5) is 0 Å². The molecule has 29 heavy (non-hydrogen) atoms. The summed E-state index contributed by atoms with van der Waals surface area (Å²) < 4.78 is 7.19. The monoisotopic (exact) mass is 410 g/mol. The van der Waals surface area contributed by atoms with Crippen molar-refractivity contribution >= 4 is 29.5 Å². The minimum Gasteiger partial charge on any atom is -0.462 e. The molecule has 0 atom stereocenters. The van der Waals surface area contributed by atoms with Crippen LogP contribution in [-0.4, -0.2) is 38.9 Å². The minimum absolute atomic E-state index is 0.329. The van der Waals surface area contributed by atoms with Gasteiger partial charge in [-0.25, -0.2) is 4.79 Å². The molecule has 6 nitrogen and oxygen atoms in total. The van der Waals surface area contributed by atoms with Crippen molar-refractivity contribution in [3.63, 3.8) is 0 Å². The molecule has 4 rings (SSSR count). The van der Waals surface area contributed by atoms with Crippen LogP contribution in [0.3, 0.4) is 0 Å². The van der Waals surface area contributed by atoms with Gasteiger partial charge in [-0.1, -0.05) is 60.9 Å². The van der Waals surface area contributed by atoms with Crippen molar-refractivity contribution < 1.29 is 9.53 Å². The van der Waals surface area contributed by atoms with Crippen LogP contribution >= 0.6 is 11.8 Å². The SMILES string of the molecule is CCOC(=O)/C(=C\c1cccc(C)c1)C1=Nn2c(nnc2C2CCCCC2)SC1. The number of ether oxygens (including phenoxy) is 1. The van der Waals surface area contributed by atoms with Crippen LogP contribution in [0.25, 0.3) is 6.08 Å². The fraction of sp³-hybridized carbons (Fsp3) is 0.455. The topological polar surface area (TPSA) is 69.4 Å². The highest BCUT2D eigenvalue weighted by atomic mass is 32.2. The second-order valence-electron chi connectivity index (χ2n) is 7.52. The summed E-state index contributed by atoms with van der Waals surface area (Å²) in [6.07, 6.45) is 7.85. The third kappa shape index (κ3) is 4.45. The summed E-state index contributed by atoms with van der Waals surface area (Å²) in [6.45, 7) is 4.18. The van der Waals surface area contributed by atoms with Gasteiger partial charge in [-0.05, 0) is 38.3 Å². The maximum Gasteiger partial charge on any atom is 0.340 e. The molecule has 0 radical (unpaired) electrons. The number of esters is 1. The molecule has 1 fully saturated rings. The van der Waals surface area contributed by atoms with Crippen molar-refractivity contribution in [2.75, 3.05) is 12.4 Å². The molecule has 0 spiro atoms. The van der Waals surface area contributed by atoms with Gasteiger partial charge in [0, 0.05) is 11.7 Å². The first-order chi connectivity index (χ1) is 14.2. The maximum absolute atomic E-state index is 12.7. The Morgan fingerprint density at radius 1 is 1.28 bits per heavy atom. The van der Waals surface area contributed by atoms with Crippen molar-refractivity contribution in [1.82, 2.24) is 14.9 Å². The molecule has 1 aliphatic carbocycles. The average molecular weight is 411 g/mol. The number of fused-ring (bicyclic) bond motifs is 1. The van der Waals surface area contributed by atoms with E-state index in [2.05, 4.69) is 10.2 Å². The van der Waals surface area contributed by atoms with E-state index < -0.39 is 0 Å². The molecule has 152 valence electrons. The van der Waals surface area contributed by atoms with E-state index in [4.69, 9.17) is 9.84 Å². The Kier molecular flexibility index (Phi) is 6.13. The molecule has 2 aliphatic rings. The van der Waals surface area contributed by atoms with Crippen molar-refractivity contribution in [2.45, 2.75) is 57.0 Å². The molecule has 0 saturated heterocycles. The van der Waals surface area contributed by atoms with Gasteiger partial charge in [0.05, 0.1) is 17.9 Å². The quantitative estimate of drug-likeness (QED) is 0.533. The number of carbonyl (C=O) groups excluding carboxylic acids is 1. The number of aromatic nitrogens is 3. The number of nitrogens with zero attached hydrogens (tertiary/aromatic N) is 4. The fourth-order valence-corrected chi connectivity index (χ4v) is 4.72. The van der Waals surface area contributed by atoms with Crippen molar-refractivity contribution in [1.29, 1.82) is 0 Å². The van der Waals surface area contributed by atoms with Gasteiger partial charge >= 0.3 is 5.97 Å². The van der Waals surface area contributed by atoms with Gasteiger partial charge < -0.3 is 4.74 Å². The summed E-state index contributed by atoms with van der Waals surface area (Å²) >= 11 is 1.57. The third-order valence-electron chi connectivity index (χ3n) is 5.32. The first-order valence-corrected chi connectivity index (χ1v) is 11.3. The van der Waals surface area contributed by atoms with Gasteiger partial charge in [0.2, 0.25) is 5.16 Å². The predicted molar refractivity (Wildman–Crippen MR) is 115 cm³/mol. The lowest BCUT2D eigenvalue weighted by Crippen LogP contribution is -2.22. The highest BCUT2D eigenvalue weighted by Crippen LogP contribution is 2.34. The van der Waals surface area contributed by atoms with E-state index in [1.54, 1.807) is 11.8 Å². The summed E-state index contributed by atoms with van der Waals surface area (Å²) in [5.41, 5.74) is 3.31. The summed E-state index contributed by atoms with van der Waals surface area (Å²) in [5, 5.41) is 14.4. The summed E-state index contributed by atoms with van der Waals surface area (Å²) in [4.78, 5) is 12.7. The molecule has 0 unspecified atom stereocenters. The van der Waals surface area contributed by atoms with Gasteiger partial charge in [-0.3, -0.25) is 0 Å².